The molecule has 2 rings (SSSR count). The molecule has 0 saturated carbocycles. The van der Waals surface area contributed by atoms with Crippen LogP contribution in [0.5, 0.6) is 0 Å². The fourth-order valence-electron chi connectivity index (χ4n) is 3.00. The Kier molecular flexibility index (Phi) is 33.2. The number of carboxylic acids is 2. The molecule has 0 fully saturated rings. The number of aryl methyl sites for hydroxylation is 3. The van der Waals surface area contributed by atoms with Gasteiger partial charge in [0.15, 0.2) is 3.79 Å². The summed E-state index contributed by atoms with van der Waals surface area (Å²) in [5.74, 6) is -2.42. The number of alkyl carbamates (subject to hydrolysis) is 2. The molecule has 0 spiro atoms. The number of nitrogens with two attached hydrogens (primary N) is 1. The molecule has 0 saturated heterocycles. The second-order valence-electron chi connectivity index (χ2n) is 11.5. The number of aliphatic carboxylic acids is 2. The van der Waals surface area contributed by atoms with Crippen LogP contribution in [0, 0.1) is 34.1 Å². The molecule has 290 valence electrons. The quantitative estimate of drug-likeness (QED) is 0.0643. The number of hydrogen-bond acceptors (Lipinski definition) is 18. The van der Waals surface area contributed by atoms with E-state index in [0.29, 0.717) is 20.1 Å². The normalized spacial score (nSPS) is 11.2. The fraction of sp³-hybridized carbons (Fsp3) is 0.577. The van der Waals surface area contributed by atoms with Crippen molar-refractivity contribution in [2.75, 3.05) is 6.54 Å². The molecule has 22 nitrogen and oxygen atoms in total. The van der Waals surface area contributed by atoms with Gasteiger partial charge in [0.2, 0.25) is 0 Å². The number of nitrogens with zero attached hydrogens (tertiary/aromatic N) is 4. The summed E-state index contributed by atoms with van der Waals surface area (Å²) in [6, 6.07) is -2.31. The van der Waals surface area contributed by atoms with Crippen molar-refractivity contribution in [1.82, 2.24) is 19.4 Å². The number of amides is 2. The first-order chi connectivity index (χ1) is 23.3. The van der Waals surface area contributed by atoms with Gasteiger partial charge in [0, 0.05) is 6.54 Å². The van der Waals surface area contributed by atoms with Crippen LogP contribution in [0.2, 0.25) is 0 Å². The number of carbonyl (C=O) groups excluding carboxylic acids is 3. The molecule has 2 aromatic heterocycles. The molecule has 0 aromatic carbocycles. The third-order valence-corrected chi connectivity index (χ3v) is 7.48. The Bertz CT molecular complexity index is 1490. The van der Waals surface area contributed by atoms with Gasteiger partial charge in [0.05, 0.1) is 9.85 Å². The molecule has 6 N–H and O–H groups in total. The van der Waals surface area contributed by atoms with Crippen molar-refractivity contribution in [1.29, 1.82) is 0 Å². The summed E-state index contributed by atoms with van der Waals surface area (Å²) >= 11 is 5.07. The largest absolute Gasteiger partial charge is 1.00 e. The molecule has 0 bridgehead atoms. The number of ether oxygens (including phenoxy) is 2. The summed E-state index contributed by atoms with van der Waals surface area (Å²) in [4.78, 5) is 76.3. The molecule has 2 aromatic rings. The van der Waals surface area contributed by atoms with Crippen LogP contribution in [-0.2, 0) is 35.2 Å². The molecule has 0 aliphatic carbocycles. The number of carbonyl (C=O) groups is 5. The van der Waals surface area contributed by atoms with Gasteiger partial charge in [0.25, 0.3) is 6.47 Å². The molecular weight excluding hydrogens is 1060 g/mol. The zero-order valence-electron chi connectivity index (χ0n) is 31.6. The van der Waals surface area contributed by atoms with Crippen LogP contribution in [0.1, 0.15) is 65.7 Å². The minimum atomic E-state index is -1.24. The van der Waals surface area contributed by atoms with E-state index in [2.05, 4.69) is 40.2 Å². The first-order valence-corrected chi connectivity index (χ1v) is 16.4. The fourth-order valence-corrected chi connectivity index (χ4v) is 5.12. The van der Waals surface area contributed by atoms with Crippen LogP contribution in [0.15, 0.2) is 3.79 Å². The number of hydrogen-bond donors (Lipinski definition) is 5. The second-order valence-corrected chi connectivity index (χ2v) is 14.4. The molecule has 2 atom stereocenters. The second kappa shape index (κ2) is 29.7. The summed E-state index contributed by atoms with van der Waals surface area (Å²) in [7, 11) is 0. The molecule has 0 aliphatic heterocycles. The zero-order chi connectivity index (χ0) is 40.3. The third-order valence-electron chi connectivity index (χ3n) is 4.97. The van der Waals surface area contributed by atoms with E-state index in [1.54, 1.807) is 48.5 Å². The van der Waals surface area contributed by atoms with Crippen molar-refractivity contribution in [2.45, 2.75) is 91.5 Å². The minimum absolute atomic E-state index is 0. The maximum Gasteiger partial charge on any atom is 1.00 e. The van der Waals surface area contributed by atoms with Gasteiger partial charge >= 0.3 is 173 Å². The van der Waals surface area contributed by atoms with E-state index in [1.807, 2.05) is 0 Å². The van der Waals surface area contributed by atoms with Gasteiger partial charge in [-0.3, -0.25) is 25.0 Å². The van der Waals surface area contributed by atoms with E-state index in [-0.39, 0.29) is 176 Å². The molecule has 53 heavy (non-hydrogen) atoms. The Morgan fingerprint density at radius 1 is 0.887 bits per heavy atom. The molecule has 0 radical (unpaired) electrons. The van der Waals surface area contributed by atoms with Crippen molar-refractivity contribution in [3.8, 4) is 0 Å². The first kappa shape index (κ1) is 59.2. The summed E-state index contributed by atoms with van der Waals surface area (Å²) in [6.07, 6.45) is -1.51. The SMILES string of the molecule is CC(C)(C)OC(=O)N[C@@H](CN)C(=O)O.Cc1nsc(Br)c1[N+](=O)[O-].Cc1nsc(CC[C@H](NC(=O)OC(C)(C)C)C(=O)O)c1[N+](=O)[O-].O=CO[O-].[Cs+].[Cs+].[H-]. The maximum atomic E-state index is 11.6. The Hall–Kier alpha value is -0.486. The molecule has 0 aliphatic rings. The first-order valence-electron chi connectivity index (χ1n) is 14.0. The Balaban J connectivity index is -0.000000221. The van der Waals surface area contributed by atoms with Crippen molar-refractivity contribution in [3.63, 3.8) is 0 Å². The molecule has 2 amide bonds. The van der Waals surface area contributed by atoms with Crippen LogP contribution in [0.25, 0.3) is 0 Å². The van der Waals surface area contributed by atoms with E-state index in [4.69, 9.17) is 35.5 Å². The van der Waals surface area contributed by atoms with Gasteiger partial charge in [-0.15, -0.1) is 0 Å². The van der Waals surface area contributed by atoms with Gasteiger partial charge in [0.1, 0.15) is 39.6 Å². The number of nitrogens with one attached hydrogen (secondary N) is 2. The van der Waals surface area contributed by atoms with Crippen molar-refractivity contribution in [3.05, 3.63) is 40.3 Å². The average molecular weight is 1100 g/mol. The monoisotopic (exact) mass is 1100 g/mol. The number of nitro groups is 2. The predicted molar refractivity (Wildman–Crippen MR) is 182 cm³/mol. The van der Waals surface area contributed by atoms with E-state index >= 15 is 0 Å². The Labute approximate surface area is 439 Å². The number of halogens is 1. The van der Waals surface area contributed by atoms with Gasteiger partial charge < -0.3 is 47.6 Å². The zero-order valence-corrected chi connectivity index (χ0v) is 46.4. The van der Waals surface area contributed by atoms with Crippen LogP contribution < -0.4 is 159 Å². The van der Waals surface area contributed by atoms with Gasteiger partial charge in [-0.05, 0) is 107 Å². The van der Waals surface area contributed by atoms with Crippen molar-refractivity contribution in [2.24, 2.45) is 5.73 Å². The summed E-state index contributed by atoms with van der Waals surface area (Å²) < 4.78 is 18.0. The number of rotatable bonds is 11. The number of carboxylic acid groups (broad SMARTS) is 2. The minimum Gasteiger partial charge on any atom is -1.00 e. The molecule has 0 unspecified atom stereocenters. The smallest absolute Gasteiger partial charge is 1.00 e. The Morgan fingerprint density at radius 2 is 1.26 bits per heavy atom. The van der Waals surface area contributed by atoms with E-state index in [0.717, 1.165) is 23.1 Å². The third kappa shape index (κ3) is 27.7. The van der Waals surface area contributed by atoms with Crippen LogP contribution in [0.3, 0.4) is 0 Å². The van der Waals surface area contributed by atoms with E-state index < -0.39 is 57.3 Å². The number of aromatic nitrogens is 2. The molecule has 27 heteroatoms. The maximum absolute atomic E-state index is 11.6. The van der Waals surface area contributed by atoms with Gasteiger partial charge in [-0.25, -0.2) is 19.2 Å². The standard InChI is InChI=1S/C13H19N3O6S.C8H16N2O4.C4H3BrN2O2S.CH2O3.2Cs.H/c1-7-10(16(20)21)9(23-15-7)6-5-8(11(17)18)14-12(19)22-13(2,3)4;1-8(2,3)14-7(13)10-5(4-9)6(11)12;1-2-3(7(8)9)4(5)10-6-2;2-1-4-3;;;/h8H,5-6H2,1-4H3,(H,14,19)(H,17,18);5H,4,9H2,1-3H3,(H,10,13)(H,11,12);1H3;1,3H;;;/q;;;;2*+1;-1/p-1/t8-;5-;;;;;/m00...../s1. The van der Waals surface area contributed by atoms with Crippen molar-refractivity contribution < 1.29 is 203 Å². The Morgan fingerprint density at radius 3 is 1.55 bits per heavy atom. The van der Waals surface area contributed by atoms with Gasteiger partial charge in [-0.2, -0.15) is 8.75 Å². The van der Waals surface area contributed by atoms with E-state index in [9.17, 15) is 39.4 Å². The average Bonchev–Trinajstić information content (AvgIpc) is 3.52. The van der Waals surface area contributed by atoms with Crippen LogP contribution in [0.4, 0.5) is 21.0 Å². The van der Waals surface area contributed by atoms with Crippen molar-refractivity contribution >= 4 is 81.0 Å². The predicted octanol–water partition coefficient (Wildman–Crippen LogP) is -3.13. The van der Waals surface area contributed by atoms with Crippen LogP contribution in [-0.4, -0.2) is 89.2 Å². The van der Waals surface area contributed by atoms with Crippen LogP contribution >= 0.6 is 39.0 Å². The topological polar surface area (TPSA) is 339 Å². The molecule has 2 heterocycles. The summed E-state index contributed by atoms with van der Waals surface area (Å²) in [5, 5.41) is 51.8. The summed E-state index contributed by atoms with van der Waals surface area (Å²) in [5.41, 5.74) is 4.46. The van der Waals surface area contributed by atoms with E-state index in [1.165, 1.54) is 6.92 Å². The summed E-state index contributed by atoms with van der Waals surface area (Å²) in [6.45, 7) is 12.8. The molecular formula is C26H40BrCs2N7O15S2. The van der Waals surface area contributed by atoms with Gasteiger partial charge in [-0.1, -0.05) is 0 Å².